The summed E-state index contributed by atoms with van der Waals surface area (Å²) in [6, 6.07) is -0.286. The minimum atomic E-state index is -0.478. The predicted octanol–water partition coefficient (Wildman–Crippen LogP) is -1.46. The second-order valence-corrected chi connectivity index (χ2v) is 5.83. The number of aliphatic hydroxyl groups is 2. The molecule has 7 atom stereocenters. The van der Waals surface area contributed by atoms with E-state index in [4.69, 9.17) is 0 Å². The third kappa shape index (κ3) is 1.90. The quantitative estimate of drug-likeness (QED) is 0.391. The van der Waals surface area contributed by atoms with Crippen molar-refractivity contribution in [2.45, 2.75) is 74.9 Å². The van der Waals surface area contributed by atoms with Crippen LogP contribution in [0, 0.1) is 5.21 Å². The number of piperazine rings is 1. The normalized spacial score (nSPS) is 54.9. The molecule has 3 aliphatic rings. The minimum Gasteiger partial charge on any atom is -0.634 e. The van der Waals surface area contributed by atoms with Crippen LogP contribution in [0.25, 0.3) is 0 Å². The summed E-state index contributed by atoms with van der Waals surface area (Å²) in [5.74, 6) is 0. The Morgan fingerprint density at radius 3 is 2.53 bits per heavy atom. The second-order valence-electron chi connectivity index (χ2n) is 5.83. The van der Waals surface area contributed by atoms with Gasteiger partial charge in [0.25, 0.3) is 0 Å². The molecule has 1 saturated heterocycles. The molecular weight excluding hydrogens is 220 g/mol. The number of nitrogens with one attached hydrogen (secondary N) is 2. The molecule has 0 spiro atoms. The Labute approximate surface area is 101 Å². The van der Waals surface area contributed by atoms with Gasteiger partial charge in [0.15, 0.2) is 0 Å². The van der Waals surface area contributed by atoms with Gasteiger partial charge in [-0.25, -0.2) is 0 Å². The molecule has 3 fully saturated rings. The van der Waals surface area contributed by atoms with Crippen LogP contribution in [0.15, 0.2) is 0 Å². The summed E-state index contributed by atoms with van der Waals surface area (Å²) < 4.78 is 0. The van der Waals surface area contributed by atoms with Crippen molar-refractivity contribution in [2.24, 2.45) is 0 Å². The fraction of sp³-hybridized carbons (Fsp3) is 1.00. The fourth-order valence-corrected chi connectivity index (χ4v) is 3.96. The number of hydrogen-bond acceptors (Lipinski definition) is 4. The van der Waals surface area contributed by atoms with Crippen molar-refractivity contribution in [2.75, 3.05) is 0 Å². The zero-order valence-electron chi connectivity index (χ0n) is 10.0. The minimum absolute atomic E-state index is 0.0669. The smallest absolute Gasteiger partial charge is 0.129 e. The molecule has 0 aromatic rings. The maximum Gasteiger partial charge on any atom is 0.129 e. The van der Waals surface area contributed by atoms with Crippen LogP contribution in [0.5, 0.6) is 0 Å². The Balaban J connectivity index is 1.82. The van der Waals surface area contributed by atoms with Crippen LogP contribution in [0.4, 0.5) is 0 Å². The number of hydroxylamine groups is 2. The highest BCUT2D eigenvalue weighted by molar-refractivity contribution is 4.99. The molecule has 5 heteroatoms. The van der Waals surface area contributed by atoms with Gasteiger partial charge in [-0.15, -0.1) is 0 Å². The van der Waals surface area contributed by atoms with Crippen molar-refractivity contribution >= 4 is 0 Å². The summed E-state index contributed by atoms with van der Waals surface area (Å²) in [6.45, 7) is 0. The molecule has 1 aliphatic heterocycles. The molecule has 0 aromatic heterocycles. The molecule has 17 heavy (non-hydrogen) atoms. The summed E-state index contributed by atoms with van der Waals surface area (Å²) in [4.78, 5) is 0. The Morgan fingerprint density at radius 1 is 1.00 bits per heavy atom. The van der Waals surface area contributed by atoms with Crippen LogP contribution >= 0.6 is 0 Å². The molecule has 98 valence electrons. The van der Waals surface area contributed by atoms with Crippen LogP contribution in [0.2, 0.25) is 0 Å². The predicted molar refractivity (Wildman–Crippen MR) is 62.3 cm³/mol. The molecule has 0 aromatic carbocycles. The first kappa shape index (κ1) is 11.9. The van der Waals surface area contributed by atoms with Crippen LogP contribution in [-0.2, 0) is 0 Å². The van der Waals surface area contributed by atoms with Gasteiger partial charge < -0.3 is 20.5 Å². The average Bonchev–Trinajstić information content (AvgIpc) is 2.31. The van der Waals surface area contributed by atoms with Gasteiger partial charge in [0.1, 0.15) is 18.2 Å². The highest BCUT2D eigenvalue weighted by atomic mass is 16.5. The summed E-state index contributed by atoms with van der Waals surface area (Å²) >= 11 is 0. The van der Waals surface area contributed by atoms with Crippen molar-refractivity contribution in [3.8, 4) is 0 Å². The Hall–Kier alpha value is -0.200. The summed E-state index contributed by atoms with van der Waals surface area (Å²) in [6.07, 6.45) is 4.37. The maximum atomic E-state index is 12.4. The molecule has 7 unspecified atom stereocenters. The molecule has 0 radical (unpaired) electrons. The molecule has 0 bridgehead atoms. The van der Waals surface area contributed by atoms with Crippen molar-refractivity contribution < 1.29 is 15.3 Å². The van der Waals surface area contributed by atoms with E-state index in [-0.39, 0.29) is 29.2 Å². The van der Waals surface area contributed by atoms with Gasteiger partial charge in [-0.1, -0.05) is 0 Å². The molecule has 3 rings (SSSR count). The SMILES string of the molecule is [O-][NH+]1C2CCCC(O)C2NC2CCCC(O)C21. The monoisotopic (exact) mass is 242 g/mol. The number of rotatable bonds is 0. The Kier molecular flexibility index (Phi) is 3.13. The third-order valence-electron chi connectivity index (χ3n) is 4.83. The highest BCUT2D eigenvalue weighted by Gasteiger charge is 2.50. The van der Waals surface area contributed by atoms with E-state index in [1.54, 1.807) is 0 Å². The van der Waals surface area contributed by atoms with Crippen LogP contribution in [0.1, 0.15) is 38.5 Å². The van der Waals surface area contributed by atoms with Gasteiger partial charge in [0, 0.05) is 6.42 Å². The lowest BCUT2D eigenvalue weighted by molar-refractivity contribution is -0.917. The lowest BCUT2D eigenvalue weighted by atomic mass is 9.78. The molecule has 1 heterocycles. The van der Waals surface area contributed by atoms with Crippen molar-refractivity contribution in [3.63, 3.8) is 0 Å². The van der Waals surface area contributed by atoms with E-state index in [0.29, 0.717) is 0 Å². The van der Waals surface area contributed by atoms with Crippen molar-refractivity contribution in [3.05, 3.63) is 5.21 Å². The van der Waals surface area contributed by atoms with E-state index < -0.39 is 12.2 Å². The Bertz CT molecular complexity index is 289. The summed E-state index contributed by atoms with van der Waals surface area (Å²) in [5, 5.41) is 36.1. The van der Waals surface area contributed by atoms with E-state index in [9.17, 15) is 15.4 Å². The van der Waals surface area contributed by atoms with Gasteiger partial charge >= 0.3 is 0 Å². The summed E-state index contributed by atoms with van der Waals surface area (Å²) in [7, 11) is 0. The Morgan fingerprint density at radius 2 is 1.71 bits per heavy atom. The van der Waals surface area contributed by atoms with Crippen molar-refractivity contribution in [1.29, 1.82) is 0 Å². The van der Waals surface area contributed by atoms with E-state index >= 15 is 0 Å². The van der Waals surface area contributed by atoms with E-state index in [0.717, 1.165) is 38.5 Å². The summed E-state index contributed by atoms with van der Waals surface area (Å²) in [5.41, 5.74) is 0. The topological polar surface area (TPSA) is 80.0 Å². The molecule has 2 saturated carbocycles. The molecule has 0 amide bonds. The van der Waals surface area contributed by atoms with E-state index in [2.05, 4.69) is 5.32 Å². The molecular formula is C12H22N2O3. The number of quaternary nitrogens is 1. The number of aliphatic hydroxyl groups excluding tert-OH is 2. The lowest BCUT2D eigenvalue weighted by Crippen LogP contribution is -3.22. The van der Waals surface area contributed by atoms with E-state index in [1.165, 1.54) is 0 Å². The van der Waals surface area contributed by atoms with Crippen LogP contribution in [0.3, 0.4) is 0 Å². The number of fused-ring (bicyclic) bond motifs is 2. The van der Waals surface area contributed by atoms with Crippen LogP contribution in [-0.4, -0.2) is 46.6 Å². The third-order valence-corrected chi connectivity index (χ3v) is 4.83. The number of hydrogen-bond donors (Lipinski definition) is 4. The van der Waals surface area contributed by atoms with E-state index in [1.807, 2.05) is 0 Å². The first-order valence-electron chi connectivity index (χ1n) is 6.84. The highest BCUT2D eigenvalue weighted by Crippen LogP contribution is 2.26. The molecule has 4 N–H and O–H groups in total. The van der Waals surface area contributed by atoms with Crippen molar-refractivity contribution in [1.82, 2.24) is 5.32 Å². The largest absolute Gasteiger partial charge is 0.634 e. The zero-order chi connectivity index (χ0) is 12.0. The first-order chi connectivity index (χ1) is 8.18. The van der Waals surface area contributed by atoms with Gasteiger partial charge in [-0.3, -0.25) is 5.32 Å². The molecule has 2 aliphatic carbocycles. The fourth-order valence-electron chi connectivity index (χ4n) is 3.96. The van der Waals surface area contributed by atoms with Gasteiger partial charge in [-0.2, -0.15) is 0 Å². The maximum absolute atomic E-state index is 12.4. The zero-order valence-corrected chi connectivity index (χ0v) is 10.0. The second kappa shape index (κ2) is 4.48. The average molecular weight is 242 g/mol. The van der Waals surface area contributed by atoms with Gasteiger partial charge in [-0.05, 0) is 32.1 Å². The standard InChI is InChI=1S/C12H22N2O3/c15-9-5-2-4-8-11(9)13-7-3-1-6-10(16)12(7)14(8)17/h7-16H,1-6H2. The van der Waals surface area contributed by atoms with Gasteiger partial charge in [0.05, 0.1) is 18.2 Å². The lowest BCUT2D eigenvalue weighted by Gasteiger charge is -2.55. The van der Waals surface area contributed by atoms with Gasteiger partial charge in [0.2, 0.25) is 0 Å². The van der Waals surface area contributed by atoms with Crippen LogP contribution < -0.4 is 10.4 Å². The first-order valence-corrected chi connectivity index (χ1v) is 6.84. The molecule has 5 nitrogen and oxygen atoms in total.